The van der Waals surface area contributed by atoms with Crippen molar-refractivity contribution in [1.29, 1.82) is 0 Å². The second-order valence-electron chi connectivity index (χ2n) is 6.65. The summed E-state index contributed by atoms with van der Waals surface area (Å²) in [6.45, 7) is 0. The van der Waals surface area contributed by atoms with E-state index in [1.807, 2.05) is 24.3 Å². The zero-order valence-corrected chi connectivity index (χ0v) is 16.8. The Labute approximate surface area is 177 Å². The number of ether oxygens (including phenoxy) is 1. The molecular formula is C23H15NO6S. The van der Waals surface area contributed by atoms with Gasteiger partial charge in [-0.15, -0.1) is 0 Å². The molecule has 4 aromatic rings. The molecule has 8 heteroatoms. The van der Waals surface area contributed by atoms with Crippen LogP contribution in [0.4, 0.5) is 5.69 Å². The normalized spacial score (nSPS) is 11.2. The summed E-state index contributed by atoms with van der Waals surface area (Å²) >= 11 is 0. The van der Waals surface area contributed by atoms with E-state index in [1.54, 1.807) is 18.2 Å². The molecule has 0 aliphatic carbocycles. The van der Waals surface area contributed by atoms with E-state index in [2.05, 4.69) is 0 Å². The lowest BCUT2D eigenvalue weighted by Gasteiger charge is -2.11. The van der Waals surface area contributed by atoms with Gasteiger partial charge in [0.2, 0.25) is 9.84 Å². The van der Waals surface area contributed by atoms with Gasteiger partial charge in [0.05, 0.1) is 20.3 Å². The Morgan fingerprint density at radius 2 is 1.45 bits per heavy atom. The Hall–Kier alpha value is -4.04. The van der Waals surface area contributed by atoms with E-state index in [4.69, 9.17) is 4.74 Å². The molecule has 0 unspecified atom stereocenters. The van der Waals surface area contributed by atoms with Crippen molar-refractivity contribution in [2.75, 3.05) is 0 Å². The first kappa shape index (κ1) is 20.2. The fraction of sp³-hybridized carbons (Fsp3) is 0. The molecule has 4 aromatic carbocycles. The number of rotatable bonds is 5. The predicted octanol–water partition coefficient (Wildman–Crippen LogP) is 4.80. The van der Waals surface area contributed by atoms with Crippen molar-refractivity contribution in [2.45, 2.75) is 9.79 Å². The first-order chi connectivity index (χ1) is 14.9. The molecular weight excluding hydrogens is 418 g/mol. The lowest BCUT2D eigenvalue weighted by Crippen LogP contribution is -2.14. The number of nitro benzene ring substituents is 1. The minimum Gasteiger partial charge on any atom is -0.423 e. The quantitative estimate of drug-likeness (QED) is 0.194. The van der Waals surface area contributed by atoms with E-state index < -0.39 is 20.7 Å². The lowest BCUT2D eigenvalue weighted by molar-refractivity contribution is -0.384. The molecule has 0 atom stereocenters. The number of carbonyl (C=O) groups is 1. The van der Waals surface area contributed by atoms with Gasteiger partial charge in [0, 0.05) is 12.1 Å². The maximum Gasteiger partial charge on any atom is 0.344 e. The van der Waals surface area contributed by atoms with E-state index in [-0.39, 0.29) is 26.8 Å². The molecule has 0 radical (unpaired) electrons. The van der Waals surface area contributed by atoms with Crippen molar-refractivity contribution in [3.05, 3.63) is 107 Å². The molecule has 0 N–H and O–H groups in total. The van der Waals surface area contributed by atoms with Crippen LogP contribution < -0.4 is 4.74 Å². The topological polar surface area (TPSA) is 104 Å². The van der Waals surface area contributed by atoms with E-state index in [9.17, 15) is 23.3 Å². The van der Waals surface area contributed by atoms with Crippen LogP contribution in [-0.2, 0) is 9.84 Å². The van der Waals surface area contributed by atoms with Crippen molar-refractivity contribution >= 4 is 32.3 Å². The summed E-state index contributed by atoms with van der Waals surface area (Å²) in [6.07, 6.45) is 0. The second kappa shape index (κ2) is 8.00. The Balaban J connectivity index is 1.68. The maximum atomic E-state index is 13.1. The molecule has 154 valence electrons. The SMILES string of the molecule is O=C(Oc1ccc2ccccc2c1)c1ccccc1S(=O)(=O)c1ccc([N+](=O)[O-])cc1. The monoisotopic (exact) mass is 433 g/mol. The van der Waals surface area contributed by atoms with Crippen LogP contribution in [0, 0.1) is 10.1 Å². The second-order valence-corrected chi connectivity index (χ2v) is 8.57. The van der Waals surface area contributed by atoms with Crippen molar-refractivity contribution < 1.29 is 22.9 Å². The van der Waals surface area contributed by atoms with Gasteiger partial charge in [-0.3, -0.25) is 10.1 Å². The van der Waals surface area contributed by atoms with Gasteiger partial charge in [0.25, 0.3) is 5.69 Å². The number of carbonyl (C=O) groups excluding carboxylic acids is 1. The van der Waals surface area contributed by atoms with E-state index >= 15 is 0 Å². The molecule has 0 spiro atoms. The van der Waals surface area contributed by atoms with Crippen molar-refractivity contribution in [2.24, 2.45) is 0 Å². The largest absolute Gasteiger partial charge is 0.423 e. The number of hydrogen-bond donors (Lipinski definition) is 0. The molecule has 7 nitrogen and oxygen atoms in total. The van der Waals surface area contributed by atoms with E-state index in [0.29, 0.717) is 0 Å². The number of hydrogen-bond acceptors (Lipinski definition) is 6. The Bertz CT molecular complexity index is 1410. The van der Waals surface area contributed by atoms with Gasteiger partial charge in [-0.25, -0.2) is 13.2 Å². The summed E-state index contributed by atoms with van der Waals surface area (Å²) in [5.74, 6) is -0.539. The molecule has 0 saturated carbocycles. The lowest BCUT2D eigenvalue weighted by atomic mass is 10.1. The molecule has 0 bridgehead atoms. The molecule has 0 aromatic heterocycles. The summed E-state index contributed by atoms with van der Waals surface area (Å²) < 4.78 is 31.6. The van der Waals surface area contributed by atoms with Crippen LogP contribution in [0.3, 0.4) is 0 Å². The highest BCUT2D eigenvalue weighted by atomic mass is 32.2. The van der Waals surface area contributed by atoms with Gasteiger partial charge < -0.3 is 4.74 Å². The third-order valence-corrected chi connectivity index (χ3v) is 6.51. The maximum absolute atomic E-state index is 13.1. The predicted molar refractivity (Wildman–Crippen MR) is 114 cm³/mol. The van der Waals surface area contributed by atoms with Gasteiger partial charge in [-0.05, 0) is 47.2 Å². The third kappa shape index (κ3) is 4.01. The number of fused-ring (bicyclic) bond motifs is 1. The molecule has 31 heavy (non-hydrogen) atoms. The Morgan fingerprint density at radius 3 is 2.16 bits per heavy atom. The molecule has 0 aliphatic heterocycles. The summed E-state index contributed by atoms with van der Waals surface area (Å²) in [5, 5.41) is 12.7. The fourth-order valence-corrected chi connectivity index (χ4v) is 4.58. The average Bonchev–Trinajstić information content (AvgIpc) is 2.79. The number of sulfone groups is 1. The summed E-state index contributed by atoms with van der Waals surface area (Å²) in [4.78, 5) is 22.6. The van der Waals surface area contributed by atoms with Crippen molar-refractivity contribution in [1.82, 2.24) is 0 Å². The average molecular weight is 433 g/mol. The molecule has 0 amide bonds. The number of nitrogens with zero attached hydrogens (tertiary/aromatic N) is 1. The van der Waals surface area contributed by atoms with Crippen LogP contribution in [0.2, 0.25) is 0 Å². The van der Waals surface area contributed by atoms with Crippen LogP contribution in [-0.4, -0.2) is 19.3 Å². The van der Waals surface area contributed by atoms with Gasteiger partial charge in [-0.2, -0.15) is 0 Å². The zero-order chi connectivity index (χ0) is 22.0. The highest BCUT2D eigenvalue weighted by molar-refractivity contribution is 7.91. The Kier molecular flexibility index (Phi) is 5.22. The number of nitro groups is 1. The summed E-state index contributed by atoms with van der Waals surface area (Å²) in [5.41, 5.74) is -0.364. The smallest absolute Gasteiger partial charge is 0.344 e. The zero-order valence-electron chi connectivity index (χ0n) is 16.0. The highest BCUT2D eigenvalue weighted by Crippen LogP contribution is 2.27. The fourth-order valence-electron chi connectivity index (χ4n) is 3.14. The van der Waals surface area contributed by atoms with E-state index in [0.717, 1.165) is 35.0 Å². The first-order valence-electron chi connectivity index (χ1n) is 9.16. The molecule has 0 saturated heterocycles. The highest BCUT2D eigenvalue weighted by Gasteiger charge is 2.26. The number of benzene rings is 4. The molecule has 0 fully saturated rings. The van der Waals surface area contributed by atoms with Crippen LogP contribution in [0.15, 0.2) is 101 Å². The Morgan fingerprint density at radius 1 is 0.806 bits per heavy atom. The standard InChI is InChI=1S/C23H15NO6S/c25-23(30-19-12-9-16-5-1-2-6-17(16)15-19)21-7-3-4-8-22(21)31(28,29)20-13-10-18(11-14-20)24(26)27/h1-15H. The number of esters is 1. The van der Waals surface area contributed by atoms with Crippen LogP contribution >= 0.6 is 0 Å². The third-order valence-electron chi connectivity index (χ3n) is 4.69. The summed E-state index contributed by atoms with van der Waals surface area (Å²) in [6, 6.07) is 22.8. The van der Waals surface area contributed by atoms with Crippen LogP contribution in [0.25, 0.3) is 10.8 Å². The molecule has 0 heterocycles. The minimum absolute atomic E-state index is 0.131. The number of non-ortho nitro benzene ring substituents is 1. The van der Waals surface area contributed by atoms with Gasteiger partial charge >= 0.3 is 5.97 Å². The van der Waals surface area contributed by atoms with Gasteiger partial charge in [-0.1, -0.05) is 42.5 Å². The van der Waals surface area contributed by atoms with Gasteiger partial charge in [0.15, 0.2) is 0 Å². The van der Waals surface area contributed by atoms with Crippen molar-refractivity contribution in [3.63, 3.8) is 0 Å². The van der Waals surface area contributed by atoms with Crippen LogP contribution in [0.5, 0.6) is 5.75 Å². The minimum atomic E-state index is -4.11. The molecule has 4 rings (SSSR count). The first-order valence-corrected chi connectivity index (χ1v) is 10.6. The summed E-state index contributed by atoms with van der Waals surface area (Å²) in [7, 11) is -4.11. The van der Waals surface area contributed by atoms with Crippen LogP contribution in [0.1, 0.15) is 10.4 Å². The van der Waals surface area contributed by atoms with Gasteiger partial charge in [0.1, 0.15) is 5.75 Å². The van der Waals surface area contributed by atoms with Crippen molar-refractivity contribution in [3.8, 4) is 5.75 Å². The van der Waals surface area contributed by atoms with E-state index in [1.165, 1.54) is 24.3 Å². The molecule has 0 aliphatic rings.